The molecule has 1 N–H and O–H groups in total. The molecule has 1 atom stereocenters. The lowest BCUT2D eigenvalue weighted by atomic mass is 10.2. The number of aromatic nitrogens is 1. The molecule has 0 spiro atoms. The van der Waals surface area contributed by atoms with Crippen molar-refractivity contribution in [3.63, 3.8) is 0 Å². The van der Waals surface area contributed by atoms with Crippen LogP contribution in [0, 0.1) is 0 Å². The number of benzene rings is 1. The van der Waals surface area contributed by atoms with E-state index in [0.29, 0.717) is 22.3 Å². The second-order valence-electron chi connectivity index (χ2n) is 3.65. The molecule has 1 aromatic heterocycles. The Hall–Kier alpha value is -1.14. The molecule has 1 heterocycles. The van der Waals surface area contributed by atoms with Gasteiger partial charge in [0, 0.05) is 16.0 Å². The number of anilines is 1. The van der Waals surface area contributed by atoms with Crippen LogP contribution in [0.3, 0.4) is 0 Å². The fourth-order valence-electron chi connectivity index (χ4n) is 1.53. The minimum atomic E-state index is -2.41. The highest BCUT2D eigenvalue weighted by atomic mass is 32.2. The SMILES string of the molecule is CC(Nc1ccccc1SC(F)F)c1cscn1. The minimum absolute atomic E-state index is 0.00401. The molecule has 0 radical (unpaired) electrons. The van der Waals surface area contributed by atoms with E-state index < -0.39 is 5.76 Å². The summed E-state index contributed by atoms with van der Waals surface area (Å²) in [7, 11) is 0. The summed E-state index contributed by atoms with van der Waals surface area (Å²) in [6.45, 7) is 1.96. The van der Waals surface area contributed by atoms with Gasteiger partial charge in [-0.3, -0.25) is 0 Å². The van der Waals surface area contributed by atoms with E-state index in [4.69, 9.17) is 0 Å². The van der Waals surface area contributed by atoms with Crippen LogP contribution in [0.4, 0.5) is 14.5 Å². The summed E-state index contributed by atoms with van der Waals surface area (Å²) >= 11 is 2.07. The van der Waals surface area contributed by atoms with E-state index in [1.54, 1.807) is 23.7 Å². The van der Waals surface area contributed by atoms with Crippen molar-refractivity contribution in [3.8, 4) is 0 Å². The first-order valence-corrected chi connectivity index (χ1v) is 7.17. The molecule has 1 unspecified atom stereocenters. The van der Waals surface area contributed by atoms with Crippen molar-refractivity contribution in [2.24, 2.45) is 0 Å². The zero-order valence-electron chi connectivity index (χ0n) is 9.64. The molecule has 0 saturated heterocycles. The molecule has 6 heteroatoms. The van der Waals surface area contributed by atoms with Crippen molar-refractivity contribution < 1.29 is 8.78 Å². The molecule has 96 valence electrons. The van der Waals surface area contributed by atoms with Crippen molar-refractivity contribution in [2.75, 3.05) is 5.32 Å². The van der Waals surface area contributed by atoms with Crippen LogP contribution in [-0.4, -0.2) is 10.7 Å². The first-order valence-electron chi connectivity index (χ1n) is 5.35. The van der Waals surface area contributed by atoms with Crippen molar-refractivity contribution in [2.45, 2.75) is 23.6 Å². The van der Waals surface area contributed by atoms with E-state index in [1.807, 2.05) is 18.4 Å². The van der Waals surface area contributed by atoms with E-state index >= 15 is 0 Å². The first kappa shape index (κ1) is 13.3. The molecule has 0 fully saturated rings. The van der Waals surface area contributed by atoms with Crippen LogP contribution in [0.5, 0.6) is 0 Å². The van der Waals surface area contributed by atoms with Crippen LogP contribution >= 0.6 is 23.1 Å². The predicted molar refractivity (Wildman–Crippen MR) is 72.5 cm³/mol. The molecular formula is C12H12F2N2S2. The zero-order chi connectivity index (χ0) is 13.0. The predicted octanol–water partition coefficient (Wildman–Crippen LogP) is 4.63. The van der Waals surface area contributed by atoms with Crippen molar-refractivity contribution >= 4 is 28.8 Å². The van der Waals surface area contributed by atoms with Gasteiger partial charge in [-0.2, -0.15) is 8.78 Å². The van der Waals surface area contributed by atoms with Gasteiger partial charge in [-0.1, -0.05) is 23.9 Å². The number of halogens is 2. The minimum Gasteiger partial charge on any atom is -0.376 e. The summed E-state index contributed by atoms with van der Waals surface area (Å²) in [5.41, 5.74) is 3.38. The summed E-state index contributed by atoms with van der Waals surface area (Å²) in [4.78, 5) is 4.75. The molecule has 0 aliphatic carbocycles. The fourth-order valence-corrected chi connectivity index (χ4v) is 2.78. The van der Waals surface area contributed by atoms with Gasteiger partial charge in [-0.25, -0.2) is 4.98 Å². The molecule has 2 aromatic rings. The van der Waals surface area contributed by atoms with Gasteiger partial charge in [0.15, 0.2) is 0 Å². The number of nitrogens with one attached hydrogen (secondary N) is 1. The van der Waals surface area contributed by atoms with Crippen LogP contribution in [0.25, 0.3) is 0 Å². The van der Waals surface area contributed by atoms with Crippen molar-refractivity contribution in [1.29, 1.82) is 0 Å². The van der Waals surface area contributed by atoms with Gasteiger partial charge in [-0.05, 0) is 19.1 Å². The maximum Gasteiger partial charge on any atom is 0.288 e. The average Bonchev–Trinajstić information content (AvgIpc) is 2.84. The largest absolute Gasteiger partial charge is 0.376 e. The highest BCUT2D eigenvalue weighted by molar-refractivity contribution is 7.99. The monoisotopic (exact) mass is 286 g/mol. The third-order valence-electron chi connectivity index (χ3n) is 2.37. The summed E-state index contributed by atoms with van der Waals surface area (Å²) < 4.78 is 24.9. The quantitative estimate of drug-likeness (QED) is 0.811. The number of hydrogen-bond donors (Lipinski definition) is 1. The molecule has 18 heavy (non-hydrogen) atoms. The lowest BCUT2D eigenvalue weighted by molar-refractivity contribution is 0.252. The molecule has 0 aliphatic heterocycles. The molecule has 0 saturated carbocycles. The summed E-state index contributed by atoms with van der Waals surface area (Å²) in [6.07, 6.45) is 0. The van der Waals surface area contributed by atoms with E-state index in [-0.39, 0.29) is 6.04 Å². The molecule has 0 amide bonds. The number of thioether (sulfide) groups is 1. The molecule has 2 rings (SSSR count). The zero-order valence-corrected chi connectivity index (χ0v) is 11.3. The number of rotatable bonds is 5. The van der Waals surface area contributed by atoms with Crippen LogP contribution in [0.2, 0.25) is 0 Å². The second-order valence-corrected chi connectivity index (χ2v) is 5.40. The van der Waals surface area contributed by atoms with Gasteiger partial charge < -0.3 is 5.32 Å². The standard InChI is InChI=1S/C12H12F2N2S2/c1-8(10-6-17-7-15-10)16-9-4-2-3-5-11(9)18-12(13)14/h2-8,12,16H,1H3. The number of para-hydroxylation sites is 1. The molecule has 2 nitrogen and oxygen atoms in total. The molecule has 0 bridgehead atoms. The van der Waals surface area contributed by atoms with E-state index in [2.05, 4.69) is 10.3 Å². The number of alkyl halides is 2. The van der Waals surface area contributed by atoms with Gasteiger partial charge in [0.05, 0.1) is 17.2 Å². The van der Waals surface area contributed by atoms with E-state index in [0.717, 1.165) is 5.69 Å². The highest BCUT2D eigenvalue weighted by Gasteiger charge is 2.12. The number of nitrogens with zero attached hydrogens (tertiary/aromatic N) is 1. The van der Waals surface area contributed by atoms with Crippen molar-refractivity contribution in [3.05, 3.63) is 40.8 Å². The summed E-state index contributed by atoms with van der Waals surface area (Å²) in [5.74, 6) is -2.41. The van der Waals surface area contributed by atoms with Crippen LogP contribution in [0.15, 0.2) is 40.1 Å². The summed E-state index contributed by atoms with van der Waals surface area (Å²) in [5, 5.41) is 5.15. The maximum atomic E-state index is 12.4. The van der Waals surface area contributed by atoms with Crippen molar-refractivity contribution in [1.82, 2.24) is 4.98 Å². The van der Waals surface area contributed by atoms with Gasteiger partial charge in [0.2, 0.25) is 0 Å². The normalized spacial score (nSPS) is 12.7. The topological polar surface area (TPSA) is 24.9 Å². The Bertz CT molecular complexity index is 489. The average molecular weight is 286 g/mol. The van der Waals surface area contributed by atoms with Crippen LogP contribution in [-0.2, 0) is 0 Å². The third kappa shape index (κ3) is 3.43. The molecular weight excluding hydrogens is 274 g/mol. The Kier molecular flexibility index (Phi) is 4.54. The molecule has 0 aliphatic rings. The highest BCUT2D eigenvalue weighted by Crippen LogP contribution is 2.33. The maximum absolute atomic E-state index is 12.4. The fraction of sp³-hybridized carbons (Fsp3) is 0.250. The number of hydrogen-bond acceptors (Lipinski definition) is 4. The lowest BCUT2D eigenvalue weighted by Gasteiger charge is -2.16. The van der Waals surface area contributed by atoms with E-state index in [9.17, 15) is 8.78 Å². The molecule has 1 aromatic carbocycles. The smallest absolute Gasteiger partial charge is 0.288 e. The summed E-state index contributed by atoms with van der Waals surface area (Å²) in [6, 6.07) is 7.06. The Morgan fingerprint density at radius 2 is 2.11 bits per heavy atom. The van der Waals surface area contributed by atoms with Gasteiger partial charge in [0.25, 0.3) is 5.76 Å². The third-order valence-corrected chi connectivity index (χ3v) is 3.76. The van der Waals surface area contributed by atoms with Gasteiger partial charge in [-0.15, -0.1) is 11.3 Å². The Labute approximate surface area is 112 Å². The van der Waals surface area contributed by atoms with Crippen LogP contribution in [0.1, 0.15) is 18.7 Å². The lowest BCUT2D eigenvalue weighted by Crippen LogP contribution is -2.07. The Morgan fingerprint density at radius 1 is 1.33 bits per heavy atom. The number of thiazole rings is 1. The van der Waals surface area contributed by atoms with E-state index in [1.165, 1.54) is 11.3 Å². The first-order chi connectivity index (χ1) is 8.66. The van der Waals surface area contributed by atoms with Gasteiger partial charge in [0.1, 0.15) is 0 Å². The van der Waals surface area contributed by atoms with Crippen LogP contribution < -0.4 is 5.32 Å². The Morgan fingerprint density at radius 3 is 2.78 bits per heavy atom. The Balaban J connectivity index is 2.13. The second kappa shape index (κ2) is 6.15. The van der Waals surface area contributed by atoms with Gasteiger partial charge >= 0.3 is 0 Å².